The van der Waals surface area contributed by atoms with Gasteiger partial charge in [-0.25, -0.2) is 4.98 Å². The van der Waals surface area contributed by atoms with Crippen molar-refractivity contribution in [3.05, 3.63) is 40.5 Å². The number of hydrogen-bond acceptors (Lipinski definition) is 8. The van der Waals surface area contributed by atoms with Gasteiger partial charge in [-0.1, -0.05) is 11.2 Å². The molecule has 1 aliphatic rings. The van der Waals surface area contributed by atoms with E-state index in [9.17, 15) is 4.79 Å². The predicted octanol–water partition coefficient (Wildman–Crippen LogP) is 3.19. The van der Waals surface area contributed by atoms with E-state index in [0.29, 0.717) is 17.4 Å². The molecule has 0 bridgehead atoms. The number of anilines is 1. The highest BCUT2D eigenvalue weighted by Crippen LogP contribution is 2.33. The number of aryl methyl sites for hydroxylation is 2. The smallest absolute Gasteiger partial charge is 0.322 e. The fraction of sp³-hybridized carbons (Fsp3) is 0.176. The zero-order valence-electron chi connectivity index (χ0n) is 14.0. The molecule has 0 fully saturated rings. The Kier molecular flexibility index (Phi) is 4.13. The first-order valence-corrected chi connectivity index (χ1v) is 8.57. The van der Waals surface area contributed by atoms with Crippen LogP contribution < -0.4 is 14.8 Å². The van der Waals surface area contributed by atoms with E-state index in [1.54, 1.807) is 18.2 Å². The molecule has 0 saturated carbocycles. The van der Waals surface area contributed by atoms with Crippen molar-refractivity contribution in [2.75, 3.05) is 12.1 Å². The van der Waals surface area contributed by atoms with E-state index < -0.39 is 0 Å². The molecule has 132 valence electrons. The predicted molar refractivity (Wildman–Crippen MR) is 95.1 cm³/mol. The summed E-state index contributed by atoms with van der Waals surface area (Å²) < 4.78 is 16.0. The SMILES string of the molecule is Cc1nc(C)c(-c2nnc(NC(=O)/C=C/c3ccc4c(c3)OCO4)o2)s1. The van der Waals surface area contributed by atoms with Crippen molar-refractivity contribution in [3.63, 3.8) is 0 Å². The minimum absolute atomic E-state index is 0.0331. The van der Waals surface area contributed by atoms with E-state index in [1.165, 1.54) is 17.4 Å². The molecule has 1 N–H and O–H groups in total. The molecule has 3 heterocycles. The Morgan fingerprint density at radius 1 is 1.23 bits per heavy atom. The Hall–Kier alpha value is -3.20. The number of carbonyl (C=O) groups is 1. The molecule has 8 nitrogen and oxygen atoms in total. The Bertz CT molecular complexity index is 1010. The van der Waals surface area contributed by atoms with Crippen LogP contribution in [0.15, 0.2) is 28.7 Å². The second kappa shape index (κ2) is 6.60. The molecule has 0 spiro atoms. The number of carbonyl (C=O) groups excluding carboxylic acids is 1. The molecular weight excluding hydrogens is 356 g/mol. The molecule has 0 unspecified atom stereocenters. The molecule has 1 amide bonds. The number of hydrogen-bond donors (Lipinski definition) is 1. The summed E-state index contributed by atoms with van der Waals surface area (Å²) in [6.45, 7) is 3.98. The van der Waals surface area contributed by atoms with Crippen LogP contribution in [-0.4, -0.2) is 27.9 Å². The van der Waals surface area contributed by atoms with E-state index in [4.69, 9.17) is 13.9 Å². The van der Waals surface area contributed by atoms with Crippen LogP contribution in [0.3, 0.4) is 0 Å². The van der Waals surface area contributed by atoms with Gasteiger partial charge in [0.15, 0.2) is 11.5 Å². The zero-order chi connectivity index (χ0) is 18.1. The molecule has 2 aromatic heterocycles. The lowest BCUT2D eigenvalue weighted by atomic mass is 10.2. The van der Waals surface area contributed by atoms with Crippen LogP contribution >= 0.6 is 11.3 Å². The van der Waals surface area contributed by atoms with Gasteiger partial charge >= 0.3 is 6.01 Å². The van der Waals surface area contributed by atoms with Crippen LogP contribution in [0.1, 0.15) is 16.3 Å². The minimum Gasteiger partial charge on any atom is -0.454 e. The van der Waals surface area contributed by atoms with Crippen LogP contribution in [0.5, 0.6) is 11.5 Å². The highest BCUT2D eigenvalue weighted by Gasteiger charge is 2.16. The van der Waals surface area contributed by atoms with Crippen LogP contribution in [0.25, 0.3) is 16.8 Å². The Balaban J connectivity index is 1.43. The quantitative estimate of drug-likeness (QED) is 0.704. The zero-order valence-corrected chi connectivity index (χ0v) is 14.8. The first-order valence-electron chi connectivity index (χ1n) is 7.75. The third-order valence-corrected chi connectivity index (χ3v) is 4.64. The molecule has 0 radical (unpaired) electrons. The maximum absolute atomic E-state index is 12.0. The topological polar surface area (TPSA) is 99.4 Å². The number of amides is 1. The van der Waals surface area contributed by atoms with Gasteiger partial charge in [0.1, 0.15) is 4.88 Å². The summed E-state index contributed by atoms with van der Waals surface area (Å²) in [6.07, 6.45) is 3.04. The monoisotopic (exact) mass is 370 g/mol. The third-order valence-electron chi connectivity index (χ3n) is 3.58. The van der Waals surface area contributed by atoms with Gasteiger partial charge in [0, 0.05) is 6.08 Å². The molecular formula is C17H14N4O4S. The number of ether oxygens (including phenoxy) is 2. The number of fused-ring (bicyclic) bond motifs is 1. The average molecular weight is 370 g/mol. The first-order chi connectivity index (χ1) is 12.6. The van der Waals surface area contributed by atoms with Crippen molar-refractivity contribution in [3.8, 4) is 22.3 Å². The lowest BCUT2D eigenvalue weighted by Crippen LogP contribution is -2.07. The van der Waals surface area contributed by atoms with Crippen molar-refractivity contribution in [2.24, 2.45) is 0 Å². The summed E-state index contributed by atoms with van der Waals surface area (Å²) in [6, 6.07) is 5.46. The summed E-state index contributed by atoms with van der Waals surface area (Å²) in [5, 5.41) is 11.3. The number of benzene rings is 1. The lowest BCUT2D eigenvalue weighted by Gasteiger charge is -1.98. The normalized spacial score (nSPS) is 12.7. The molecule has 1 aliphatic heterocycles. The van der Waals surface area contributed by atoms with Gasteiger partial charge in [0.2, 0.25) is 6.79 Å². The van der Waals surface area contributed by atoms with E-state index in [2.05, 4.69) is 20.5 Å². The number of aromatic nitrogens is 3. The van der Waals surface area contributed by atoms with Crippen molar-refractivity contribution >= 4 is 29.3 Å². The highest BCUT2D eigenvalue weighted by atomic mass is 32.1. The van der Waals surface area contributed by atoms with Gasteiger partial charge < -0.3 is 13.9 Å². The van der Waals surface area contributed by atoms with Crippen LogP contribution in [0.4, 0.5) is 6.01 Å². The molecule has 26 heavy (non-hydrogen) atoms. The molecule has 9 heteroatoms. The summed E-state index contributed by atoms with van der Waals surface area (Å²) in [4.78, 5) is 17.2. The molecule has 3 aromatic rings. The second-order valence-electron chi connectivity index (χ2n) is 5.50. The average Bonchev–Trinajstić information content (AvgIpc) is 3.32. The van der Waals surface area contributed by atoms with E-state index in [-0.39, 0.29) is 18.7 Å². The van der Waals surface area contributed by atoms with Gasteiger partial charge in [0.05, 0.1) is 10.7 Å². The van der Waals surface area contributed by atoms with E-state index >= 15 is 0 Å². The summed E-state index contributed by atoms with van der Waals surface area (Å²) in [5.74, 6) is 1.31. The molecule has 4 rings (SSSR count). The van der Waals surface area contributed by atoms with Gasteiger partial charge in [-0.15, -0.1) is 16.4 Å². The van der Waals surface area contributed by atoms with E-state index in [0.717, 1.165) is 21.1 Å². The Labute approximate surface area is 152 Å². The first kappa shape index (κ1) is 16.3. The van der Waals surface area contributed by atoms with Crippen LogP contribution in [0, 0.1) is 13.8 Å². The fourth-order valence-electron chi connectivity index (χ4n) is 2.43. The number of nitrogens with zero attached hydrogens (tertiary/aromatic N) is 3. The van der Waals surface area contributed by atoms with Crippen LogP contribution in [0.2, 0.25) is 0 Å². The largest absolute Gasteiger partial charge is 0.454 e. The number of rotatable bonds is 4. The second-order valence-corrected chi connectivity index (χ2v) is 6.70. The molecule has 0 aliphatic carbocycles. The van der Waals surface area contributed by atoms with Gasteiger partial charge in [-0.3, -0.25) is 10.1 Å². The summed E-state index contributed by atoms with van der Waals surface area (Å²) in [5.41, 5.74) is 1.63. The van der Waals surface area contributed by atoms with Gasteiger partial charge in [0.25, 0.3) is 11.8 Å². The Morgan fingerprint density at radius 2 is 2.08 bits per heavy atom. The Morgan fingerprint density at radius 3 is 2.88 bits per heavy atom. The molecule has 0 atom stereocenters. The van der Waals surface area contributed by atoms with Crippen LogP contribution in [-0.2, 0) is 4.79 Å². The standard InChI is InChI=1S/C17H14N4O4S/c1-9-15(26-10(2)18-9)16-20-21-17(25-16)19-14(22)6-4-11-3-5-12-13(7-11)24-8-23-12/h3-7H,8H2,1-2H3,(H,19,21,22)/b6-4+. The molecule has 0 saturated heterocycles. The minimum atomic E-state index is -0.380. The number of thiazole rings is 1. The van der Waals surface area contributed by atoms with Gasteiger partial charge in [-0.05, 0) is 37.6 Å². The maximum Gasteiger partial charge on any atom is 0.322 e. The third kappa shape index (κ3) is 3.29. The summed E-state index contributed by atoms with van der Waals surface area (Å²) in [7, 11) is 0. The van der Waals surface area contributed by atoms with Crippen molar-refractivity contribution in [1.82, 2.24) is 15.2 Å². The van der Waals surface area contributed by atoms with Crippen molar-refractivity contribution < 1.29 is 18.7 Å². The van der Waals surface area contributed by atoms with Crippen molar-refractivity contribution in [1.29, 1.82) is 0 Å². The van der Waals surface area contributed by atoms with E-state index in [1.807, 2.05) is 19.9 Å². The highest BCUT2D eigenvalue weighted by molar-refractivity contribution is 7.15. The molecule has 1 aromatic carbocycles. The lowest BCUT2D eigenvalue weighted by molar-refractivity contribution is -0.112. The number of nitrogens with one attached hydrogen (secondary N) is 1. The summed E-state index contributed by atoms with van der Waals surface area (Å²) >= 11 is 1.46. The fourth-order valence-corrected chi connectivity index (χ4v) is 3.27. The van der Waals surface area contributed by atoms with Crippen molar-refractivity contribution in [2.45, 2.75) is 13.8 Å². The van der Waals surface area contributed by atoms with Gasteiger partial charge in [-0.2, -0.15) is 0 Å². The maximum atomic E-state index is 12.0.